The summed E-state index contributed by atoms with van der Waals surface area (Å²) >= 11 is 0. The van der Waals surface area contributed by atoms with Gasteiger partial charge in [0.25, 0.3) is 0 Å². The van der Waals surface area contributed by atoms with Crippen molar-refractivity contribution >= 4 is 0 Å². The van der Waals surface area contributed by atoms with Gasteiger partial charge in [-0.05, 0) is 31.9 Å². The van der Waals surface area contributed by atoms with Gasteiger partial charge >= 0.3 is 0 Å². The van der Waals surface area contributed by atoms with Crippen LogP contribution >= 0.6 is 0 Å². The van der Waals surface area contributed by atoms with Crippen LogP contribution < -0.4 is 5.32 Å². The van der Waals surface area contributed by atoms with Crippen molar-refractivity contribution in [3.63, 3.8) is 0 Å². The van der Waals surface area contributed by atoms with E-state index in [9.17, 15) is 5.26 Å². The number of benzene rings is 1. The maximum absolute atomic E-state index is 9.39. The van der Waals surface area contributed by atoms with Crippen molar-refractivity contribution in [2.75, 3.05) is 26.7 Å². The zero-order valence-electron chi connectivity index (χ0n) is 11.0. The van der Waals surface area contributed by atoms with Gasteiger partial charge in [0.05, 0.1) is 6.07 Å². The van der Waals surface area contributed by atoms with E-state index in [0.29, 0.717) is 0 Å². The van der Waals surface area contributed by atoms with Crippen LogP contribution in [0.1, 0.15) is 18.4 Å². The summed E-state index contributed by atoms with van der Waals surface area (Å²) in [5.41, 5.74) is 1.02. The fourth-order valence-electron chi connectivity index (χ4n) is 2.42. The van der Waals surface area contributed by atoms with Crippen molar-refractivity contribution in [1.29, 1.82) is 5.26 Å². The Bertz CT molecular complexity index is 399. The fraction of sp³-hybridized carbons (Fsp3) is 0.533. The minimum atomic E-state index is -0.304. The summed E-state index contributed by atoms with van der Waals surface area (Å²) in [7, 11) is 2.12. The first kappa shape index (κ1) is 13.1. The molecule has 0 aliphatic carbocycles. The highest BCUT2D eigenvalue weighted by Crippen LogP contribution is 2.20. The summed E-state index contributed by atoms with van der Waals surface area (Å²) in [6, 6.07) is 12.9. The number of hydrogen-bond donors (Lipinski definition) is 1. The summed E-state index contributed by atoms with van der Waals surface area (Å²) in [5, 5.41) is 12.9. The highest BCUT2D eigenvalue weighted by molar-refractivity contribution is 5.16. The number of rotatable bonds is 4. The van der Waals surface area contributed by atoms with E-state index < -0.39 is 0 Å². The molecule has 0 radical (unpaired) electrons. The van der Waals surface area contributed by atoms with Crippen molar-refractivity contribution < 1.29 is 0 Å². The van der Waals surface area contributed by atoms with Gasteiger partial charge in [0.2, 0.25) is 0 Å². The van der Waals surface area contributed by atoms with Crippen LogP contribution in [0, 0.1) is 11.3 Å². The first-order valence-corrected chi connectivity index (χ1v) is 6.63. The van der Waals surface area contributed by atoms with Gasteiger partial charge in [-0.3, -0.25) is 5.32 Å². The Morgan fingerprint density at radius 1 is 1.28 bits per heavy atom. The molecule has 3 heteroatoms. The lowest BCUT2D eigenvalue weighted by Crippen LogP contribution is -2.52. The highest BCUT2D eigenvalue weighted by atomic mass is 15.1. The summed E-state index contributed by atoms with van der Waals surface area (Å²) in [4.78, 5) is 2.29. The average Bonchev–Trinajstić information content (AvgIpc) is 2.43. The molecule has 1 N–H and O–H groups in total. The van der Waals surface area contributed by atoms with Crippen LogP contribution in [0.4, 0.5) is 0 Å². The molecule has 1 aliphatic heterocycles. The van der Waals surface area contributed by atoms with E-state index >= 15 is 0 Å². The molecule has 0 amide bonds. The number of likely N-dealkylation sites (tertiary alicyclic amines) is 1. The van der Waals surface area contributed by atoms with Crippen LogP contribution in [0.15, 0.2) is 30.3 Å². The Hall–Kier alpha value is -1.37. The Kier molecular flexibility index (Phi) is 4.35. The number of nitrogens with one attached hydrogen (secondary N) is 1. The van der Waals surface area contributed by atoms with Gasteiger partial charge in [0.15, 0.2) is 0 Å². The van der Waals surface area contributed by atoms with Gasteiger partial charge in [0, 0.05) is 19.6 Å². The molecular formula is C15H21N3. The third kappa shape index (κ3) is 3.32. The zero-order chi connectivity index (χ0) is 12.8. The number of nitriles is 1. The minimum absolute atomic E-state index is 0.304. The molecule has 3 nitrogen and oxygen atoms in total. The van der Waals surface area contributed by atoms with Crippen LogP contribution in [0.25, 0.3) is 0 Å². The number of piperidine rings is 1. The van der Waals surface area contributed by atoms with E-state index in [1.807, 2.05) is 6.07 Å². The van der Waals surface area contributed by atoms with Crippen molar-refractivity contribution in [1.82, 2.24) is 10.2 Å². The van der Waals surface area contributed by atoms with E-state index in [4.69, 9.17) is 0 Å². The lowest BCUT2D eigenvalue weighted by atomic mass is 9.89. The lowest BCUT2D eigenvalue weighted by molar-refractivity contribution is 0.196. The first-order valence-electron chi connectivity index (χ1n) is 6.63. The molecule has 1 heterocycles. The molecule has 0 spiro atoms. The largest absolute Gasteiger partial charge is 0.306 e. The van der Waals surface area contributed by atoms with Gasteiger partial charge < -0.3 is 4.90 Å². The molecule has 0 unspecified atom stereocenters. The van der Waals surface area contributed by atoms with Crippen LogP contribution in [-0.2, 0) is 6.42 Å². The van der Waals surface area contributed by atoms with E-state index in [0.717, 1.165) is 38.9 Å². The second-order valence-corrected chi connectivity index (χ2v) is 5.16. The van der Waals surface area contributed by atoms with Gasteiger partial charge in [-0.15, -0.1) is 0 Å². The molecule has 0 aromatic heterocycles. The molecule has 1 aromatic carbocycles. The van der Waals surface area contributed by atoms with Crippen molar-refractivity contribution in [2.45, 2.75) is 24.8 Å². The van der Waals surface area contributed by atoms with E-state index in [1.54, 1.807) is 0 Å². The SMILES string of the molecule is CN1CCC(C#N)(NCCc2ccccc2)CC1. The van der Waals surface area contributed by atoms with Crippen molar-refractivity contribution in [3.8, 4) is 6.07 Å². The Balaban J connectivity index is 1.83. The Morgan fingerprint density at radius 3 is 2.56 bits per heavy atom. The quantitative estimate of drug-likeness (QED) is 0.876. The summed E-state index contributed by atoms with van der Waals surface area (Å²) in [6.45, 7) is 2.89. The minimum Gasteiger partial charge on any atom is -0.306 e. The Morgan fingerprint density at radius 2 is 1.94 bits per heavy atom. The molecule has 96 valence electrons. The number of hydrogen-bond acceptors (Lipinski definition) is 3. The molecule has 1 aliphatic rings. The topological polar surface area (TPSA) is 39.1 Å². The van der Waals surface area contributed by atoms with Crippen molar-refractivity contribution in [3.05, 3.63) is 35.9 Å². The van der Waals surface area contributed by atoms with Crippen LogP contribution in [0.5, 0.6) is 0 Å². The molecule has 0 saturated carbocycles. The summed E-state index contributed by atoms with van der Waals surface area (Å²) in [6.07, 6.45) is 2.84. The van der Waals surface area contributed by atoms with Gasteiger partial charge in [-0.25, -0.2) is 0 Å². The predicted octanol–water partition coefficient (Wildman–Crippen LogP) is 1.81. The zero-order valence-corrected chi connectivity index (χ0v) is 11.0. The second-order valence-electron chi connectivity index (χ2n) is 5.16. The Labute approximate surface area is 109 Å². The van der Waals surface area contributed by atoms with Crippen LogP contribution in [-0.4, -0.2) is 37.1 Å². The van der Waals surface area contributed by atoms with Crippen LogP contribution in [0.3, 0.4) is 0 Å². The predicted molar refractivity (Wildman–Crippen MR) is 73.2 cm³/mol. The maximum atomic E-state index is 9.39. The fourth-order valence-corrected chi connectivity index (χ4v) is 2.42. The van der Waals surface area contributed by atoms with Crippen LogP contribution in [0.2, 0.25) is 0 Å². The molecule has 1 fully saturated rings. The highest BCUT2D eigenvalue weighted by Gasteiger charge is 2.32. The second kappa shape index (κ2) is 5.99. The molecule has 0 bridgehead atoms. The smallest absolute Gasteiger partial charge is 0.109 e. The third-order valence-electron chi connectivity index (χ3n) is 3.77. The number of nitrogens with zero attached hydrogens (tertiary/aromatic N) is 2. The van der Waals surface area contributed by atoms with Gasteiger partial charge in [-0.1, -0.05) is 30.3 Å². The average molecular weight is 243 g/mol. The molecule has 18 heavy (non-hydrogen) atoms. The molecule has 1 aromatic rings. The molecule has 0 atom stereocenters. The maximum Gasteiger partial charge on any atom is 0.109 e. The third-order valence-corrected chi connectivity index (χ3v) is 3.77. The lowest BCUT2D eigenvalue weighted by Gasteiger charge is -2.36. The standard InChI is InChI=1S/C15H21N3/c1-18-11-8-15(13-16,9-12-18)17-10-7-14-5-3-2-4-6-14/h2-6,17H,7-12H2,1H3. The molecular weight excluding hydrogens is 222 g/mol. The monoisotopic (exact) mass is 243 g/mol. The normalized spacial score (nSPS) is 19.3. The van der Waals surface area contributed by atoms with E-state index in [-0.39, 0.29) is 5.54 Å². The van der Waals surface area contributed by atoms with Gasteiger partial charge in [0.1, 0.15) is 5.54 Å². The molecule has 2 rings (SSSR count). The van der Waals surface area contributed by atoms with E-state index in [1.165, 1.54) is 5.56 Å². The molecule has 1 saturated heterocycles. The summed E-state index contributed by atoms with van der Waals surface area (Å²) < 4.78 is 0. The summed E-state index contributed by atoms with van der Waals surface area (Å²) in [5.74, 6) is 0. The van der Waals surface area contributed by atoms with Crippen molar-refractivity contribution in [2.24, 2.45) is 0 Å². The van der Waals surface area contributed by atoms with Gasteiger partial charge in [-0.2, -0.15) is 5.26 Å². The van der Waals surface area contributed by atoms with E-state index in [2.05, 4.69) is 47.6 Å². The first-order chi connectivity index (χ1) is 8.74.